The van der Waals surface area contributed by atoms with Crippen molar-refractivity contribution in [1.29, 1.82) is 0 Å². The average molecular weight is 295 g/mol. The molecule has 0 aliphatic rings. The molecule has 0 aliphatic carbocycles. The summed E-state index contributed by atoms with van der Waals surface area (Å²) in [5, 5.41) is 15.6. The summed E-state index contributed by atoms with van der Waals surface area (Å²) in [7, 11) is 0. The number of aliphatic carboxylic acids is 1. The zero-order valence-corrected chi connectivity index (χ0v) is 12.5. The number of hydrogen-bond donors (Lipinski definition) is 2. The minimum Gasteiger partial charge on any atom is -0.480 e. The molecule has 0 fully saturated rings. The first-order valence-electron chi connectivity index (χ1n) is 7.02. The van der Waals surface area contributed by atoms with E-state index in [9.17, 15) is 14.4 Å². The number of aromatic nitrogens is 2. The van der Waals surface area contributed by atoms with E-state index in [1.807, 2.05) is 13.8 Å². The number of aryl methyl sites for hydroxylation is 1. The monoisotopic (exact) mass is 295 g/mol. The SMILES string of the molecule is CCCn1nc(C(=O)NC(C(=O)O)C(C)CC)ccc1=O. The van der Waals surface area contributed by atoms with Gasteiger partial charge >= 0.3 is 5.97 Å². The van der Waals surface area contributed by atoms with Gasteiger partial charge in [-0.2, -0.15) is 5.10 Å². The molecule has 1 amide bonds. The Morgan fingerprint density at radius 1 is 1.38 bits per heavy atom. The van der Waals surface area contributed by atoms with Gasteiger partial charge < -0.3 is 10.4 Å². The van der Waals surface area contributed by atoms with Crippen LogP contribution in [0.1, 0.15) is 44.1 Å². The Hall–Kier alpha value is -2.18. The third kappa shape index (κ3) is 4.40. The summed E-state index contributed by atoms with van der Waals surface area (Å²) >= 11 is 0. The van der Waals surface area contributed by atoms with Crippen molar-refractivity contribution in [3.05, 3.63) is 28.2 Å². The van der Waals surface area contributed by atoms with Gasteiger partial charge in [-0.25, -0.2) is 9.48 Å². The van der Waals surface area contributed by atoms with Gasteiger partial charge in [-0.1, -0.05) is 27.2 Å². The number of amides is 1. The van der Waals surface area contributed by atoms with Gasteiger partial charge in [-0.05, 0) is 18.4 Å². The quantitative estimate of drug-likeness (QED) is 0.777. The molecule has 0 aromatic carbocycles. The van der Waals surface area contributed by atoms with Crippen molar-refractivity contribution in [3.8, 4) is 0 Å². The van der Waals surface area contributed by atoms with Crippen molar-refractivity contribution in [2.24, 2.45) is 5.92 Å². The topological polar surface area (TPSA) is 101 Å². The fourth-order valence-corrected chi connectivity index (χ4v) is 1.84. The van der Waals surface area contributed by atoms with Crippen LogP contribution in [0.25, 0.3) is 0 Å². The molecule has 0 spiro atoms. The normalized spacial score (nSPS) is 13.5. The van der Waals surface area contributed by atoms with E-state index in [4.69, 9.17) is 5.11 Å². The van der Waals surface area contributed by atoms with Crippen LogP contribution in [0.2, 0.25) is 0 Å². The molecule has 1 rings (SSSR count). The van der Waals surface area contributed by atoms with E-state index in [1.54, 1.807) is 6.92 Å². The molecule has 0 aliphatic heterocycles. The summed E-state index contributed by atoms with van der Waals surface area (Å²) in [4.78, 5) is 34.8. The van der Waals surface area contributed by atoms with E-state index in [-0.39, 0.29) is 17.2 Å². The largest absolute Gasteiger partial charge is 0.480 e. The maximum atomic E-state index is 12.1. The Labute approximate surface area is 123 Å². The molecule has 1 aromatic rings. The number of carboxylic acid groups (broad SMARTS) is 1. The number of carbonyl (C=O) groups is 2. The Kier molecular flexibility index (Phi) is 6.08. The van der Waals surface area contributed by atoms with Crippen molar-refractivity contribution in [3.63, 3.8) is 0 Å². The van der Waals surface area contributed by atoms with Crippen LogP contribution in [0.3, 0.4) is 0 Å². The highest BCUT2D eigenvalue weighted by Crippen LogP contribution is 2.08. The summed E-state index contributed by atoms with van der Waals surface area (Å²) < 4.78 is 1.20. The van der Waals surface area contributed by atoms with E-state index in [0.29, 0.717) is 19.4 Å². The van der Waals surface area contributed by atoms with Gasteiger partial charge in [0.15, 0.2) is 0 Å². The van der Waals surface area contributed by atoms with Crippen LogP contribution in [0.5, 0.6) is 0 Å². The van der Waals surface area contributed by atoms with Crippen LogP contribution < -0.4 is 10.9 Å². The molecule has 7 heteroatoms. The Bertz CT molecular complexity index is 568. The summed E-state index contributed by atoms with van der Waals surface area (Å²) in [6, 6.07) is 1.59. The van der Waals surface area contributed by atoms with Crippen molar-refractivity contribution in [2.75, 3.05) is 0 Å². The van der Waals surface area contributed by atoms with E-state index in [0.717, 1.165) is 0 Å². The van der Waals surface area contributed by atoms with Crippen LogP contribution in [0.15, 0.2) is 16.9 Å². The fraction of sp³-hybridized carbons (Fsp3) is 0.571. The first kappa shape index (κ1) is 16.9. The van der Waals surface area contributed by atoms with Crippen LogP contribution >= 0.6 is 0 Å². The van der Waals surface area contributed by atoms with Gasteiger partial charge in [0.05, 0.1) is 0 Å². The second kappa shape index (κ2) is 7.56. The predicted molar refractivity (Wildman–Crippen MR) is 77.1 cm³/mol. The number of carboxylic acids is 1. The minimum atomic E-state index is -1.08. The summed E-state index contributed by atoms with van der Waals surface area (Å²) in [6.07, 6.45) is 1.34. The summed E-state index contributed by atoms with van der Waals surface area (Å²) in [5.74, 6) is -1.87. The molecule has 0 radical (unpaired) electrons. The number of nitrogens with one attached hydrogen (secondary N) is 1. The first-order valence-corrected chi connectivity index (χ1v) is 7.02. The third-order valence-corrected chi connectivity index (χ3v) is 3.30. The van der Waals surface area contributed by atoms with E-state index in [2.05, 4.69) is 10.4 Å². The molecule has 2 N–H and O–H groups in total. The number of carbonyl (C=O) groups excluding carboxylic acids is 1. The van der Waals surface area contributed by atoms with Crippen LogP contribution in [0, 0.1) is 5.92 Å². The lowest BCUT2D eigenvalue weighted by Gasteiger charge is -2.19. The molecule has 21 heavy (non-hydrogen) atoms. The molecule has 1 aromatic heterocycles. The minimum absolute atomic E-state index is 0.0394. The standard InChI is InChI=1S/C14H21N3O4/c1-4-8-17-11(18)7-6-10(16-17)13(19)15-12(14(20)21)9(3)5-2/h6-7,9,12H,4-5,8H2,1-3H3,(H,15,19)(H,20,21). The summed E-state index contributed by atoms with van der Waals surface area (Å²) in [5.41, 5.74) is -0.247. The lowest BCUT2D eigenvalue weighted by atomic mass is 9.99. The second-order valence-corrected chi connectivity index (χ2v) is 4.95. The van der Waals surface area contributed by atoms with E-state index in [1.165, 1.54) is 16.8 Å². The lowest BCUT2D eigenvalue weighted by molar-refractivity contribution is -0.140. The molecular weight excluding hydrogens is 274 g/mol. The highest BCUT2D eigenvalue weighted by Gasteiger charge is 2.26. The smallest absolute Gasteiger partial charge is 0.326 e. The summed E-state index contributed by atoms with van der Waals surface area (Å²) in [6.45, 7) is 5.91. The number of rotatable bonds is 7. The zero-order valence-electron chi connectivity index (χ0n) is 12.5. The highest BCUT2D eigenvalue weighted by atomic mass is 16.4. The van der Waals surface area contributed by atoms with E-state index < -0.39 is 17.9 Å². The second-order valence-electron chi connectivity index (χ2n) is 4.95. The number of hydrogen-bond acceptors (Lipinski definition) is 4. The maximum Gasteiger partial charge on any atom is 0.326 e. The predicted octanol–water partition coefficient (Wildman–Crippen LogP) is 0.882. The van der Waals surface area contributed by atoms with E-state index >= 15 is 0 Å². The molecule has 2 unspecified atom stereocenters. The maximum absolute atomic E-state index is 12.1. The number of nitrogens with zero attached hydrogens (tertiary/aromatic N) is 2. The van der Waals surface area contributed by atoms with Crippen LogP contribution in [-0.2, 0) is 11.3 Å². The zero-order chi connectivity index (χ0) is 16.0. The van der Waals surface area contributed by atoms with Gasteiger partial charge in [0.2, 0.25) is 0 Å². The molecule has 116 valence electrons. The van der Waals surface area contributed by atoms with Gasteiger partial charge in [-0.15, -0.1) is 0 Å². The lowest BCUT2D eigenvalue weighted by Crippen LogP contribution is -2.45. The van der Waals surface area contributed by atoms with Gasteiger partial charge in [0.1, 0.15) is 11.7 Å². The third-order valence-electron chi connectivity index (χ3n) is 3.30. The van der Waals surface area contributed by atoms with Crippen molar-refractivity contribution in [2.45, 2.75) is 46.2 Å². The highest BCUT2D eigenvalue weighted by molar-refractivity contribution is 5.94. The van der Waals surface area contributed by atoms with Crippen molar-refractivity contribution in [1.82, 2.24) is 15.1 Å². The fourth-order valence-electron chi connectivity index (χ4n) is 1.84. The van der Waals surface area contributed by atoms with Crippen LogP contribution in [0.4, 0.5) is 0 Å². The average Bonchev–Trinajstić information content (AvgIpc) is 2.45. The van der Waals surface area contributed by atoms with Gasteiger partial charge in [-0.3, -0.25) is 9.59 Å². The van der Waals surface area contributed by atoms with Crippen molar-refractivity contribution >= 4 is 11.9 Å². The first-order chi connectivity index (χ1) is 9.90. The molecular formula is C14H21N3O4. The van der Waals surface area contributed by atoms with Gasteiger partial charge in [0.25, 0.3) is 11.5 Å². The van der Waals surface area contributed by atoms with Crippen LogP contribution in [-0.4, -0.2) is 32.8 Å². The van der Waals surface area contributed by atoms with Gasteiger partial charge in [0, 0.05) is 12.6 Å². The van der Waals surface area contributed by atoms with Crippen molar-refractivity contribution < 1.29 is 14.7 Å². The molecule has 0 saturated carbocycles. The molecule has 0 bridgehead atoms. The molecule has 1 heterocycles. The Morgan fingerprint density at radius 2 is 2.05 bits per heavy atom. The Balaban J connectivity index is 2.95. The molecule has 2 atom stereocenters. The Morgan fingerprint density at radius 3 is 2.57 bits per heavy atom. The molecule has 0 saturated heterocycles. The molecule has 7 nitrogen and oxygen atoms in total.